The van der Waals surface area contributed by atoms with Gasteiger partial charge in [0.05, 0.1) is 6.20 Å². The molecule has 0 aliphatic heterocycles. The van der Waals surface area contributed by atoms with Crippen LogP contribution in [0, 0.1) is 0 Å². The average molecular weight is 342 g/mol. The van der Waals surface area contributed by atoms with Crippen LogP contribution in [-0.4, -0.2) is 34.1 Å². The van der Waals surface area contributed by atoms with E-state index in [0.29, 0.717) is 0 Å². The van der Waals surface area contributed by atoms with E-state index < -0.39 is 0 Å². The van der Waals surface area contributed by atoms with Crippen LogP contribution in [0.15, 0.2) is 30.5 Å². The number of carbonyl (C=O) groups is 1. The van der Waals surface area contributed by atoms with Crippen LogP contribution in [0.1, 0.15) is 61.8 Å². The van der Waals surface area contributed by atoms with Gasteiger partial charge in [0.1, 0.15) is 0 Å². The maximum absolute atomic E-state index is 12.3. The molecule has 2 rings (SSSR count). The lowest BCUT2D eigenvalue weighted by atomic mass is 9.89. The van der Waals surface area contributed by atoms with Crippen molar-refractivity contribution in [1.82, 2.24) is 20.4 Å². The van der Waals surface area contributed by atoms with Crippen molar-refractivity contribution < 1.29 is 4.79 Å². The second-order valence-corrected chi connectivity index (χ2v) is 7.83. The average Bonchev–Trinajstić information content (AvgIpc) is 3.03. The van der Waals surface area contributed by atoms with Gasteiger partial charge in [-0.3, -0.25) is 9.89 Å². The summed E-state index contributed by atoms with van der Waals surface area (Å²) in [5, 5.41) is 10.7. The van der Waals surface area contributed by atoms with Gasteiger partial charge in [0, 0.05) is 48.4 Å². The highest BCUT2D eigenvalue weighted by atomic mass is 16.2. The van der Waals surface area contributed by atoms with Crippen molar-refractivity contribution in [3.63, 3.8) is 0 Å². The summed E-state index contributed by atoms with van der Waals surface area (Å²) >= 11 is 0. The summed E-state index contributed by atoms with van der Waals surface area (Å²) in [5.41, 5.74) is 4.29. The van der Waals surface area contributed by atoms with E-state index in [1.165, 1.54) is 5.56 Å². The first-order valence-corrected chi connectivity index (χ1v) is 8.79. The number of H-pyrrole nitrogens is 1. The number of nitrogens with zero attached hydrogens (tertiary/aromatic N) is 2. The Kier molecular flexibility index (Phi) is 6.01. The zero-order valence-electron chi connectivity index (χ0n) is 16.2. The third kappa shape index (κ3) is 4.92. The van der Waals surface area contributed by atoms with Gasteiger partial charge in [-0.15, -0.1) is 0 Å². The lowest BCUT2D eigenvalue weighted by Gasteiger charge is -2.21. The number of nitrogens with one attached hydrogen (secondary N) is 2. The van der Waals surface area contributed by atoms with Crippen LogP contribution in [0.5, 0.6) is 0 Å². The summed E-state index contributed by atoms with van der Waals surface area (Å²) in [5.74, 6) is 0.0581. The molecule has 0 atom stereocenters. The SMILES string of the molecule is CC(C)N(C)C(=O)c1ccc(CNCc2cn[nH]c2C(C)(C)C)cc1. The number of benzene rings is 1. The van der Waals surface area contributed by atoms with Gasteiger partial charge in [0.15, 0.2) is 0 Å². The molecule has 2 N–H and O–H groups in total. The molecular formula is C20H30N4O. The van der Waals surface area contributed by atoms with Crippen LogP contribution in [-0.2, 0) is 18.5 Å². The van der Waals surface area contributed by atoms with E-state index in [4.69, 9.17) is 0 Å². The number of aromatic amines is 1. The van der Waals surface area contributed by atoms with Gasteiger partial charge in [-0.05, 0) is 31.5 Å². The third-order valence-electron chi connectivity index (χ3n) is 4.41. The second-order valence-electron chi connectivity index (χ2n) is 7.83. The molecule has 2 aromatic rings. The molecule has 5 nitrogen and oxygen atoms in total. The van der Waals surface area contributed by atoms with Crippen LogP contribution < -0.4 is 5.32 Å². The molecule has 0 saturated heterocycles. The molecule has 1 amide bonds. The summed E-state index contributed by atoms with van der Waals surface area (Å²) in [6.07, 6.45) is 1.89. The zero-order valence-corrected chi connectivity index (χ0v) is 16.2. The minimum Gasteiger partial charge on any atom is -0.339 e. The highest BCUT2D eigenvalue weighted by molar-refractivity contribution is 5.94. The van der Waals surface area contributed by atoms with Crippen molar-refractivity contribution in [1.29, 1.82) is 0 Å². The second kappa shape index (κ2) is 7.83. The fourth-order valence-corrected chi connectivity index (χ4v) is 2.64. The molecule has 0 unspecified atom stereocenters. The van der Waals surface area contributed by atoms with Crippen molar-refractivity contribution >= 4 is 5.91 Å². The lowest BCUT2D eigenvalue weighted by Crippen LogP contribution is -2.32. The molecule has 0 aliphatic carbocycles. The van der Waals surface area contributed by atoms with Gasteiger partial charge in [0.2, 0.25) is 0 Å². The molecule has 0 bridgehead atoms. The van der Waals surface area contributed by atoms with Crippen molar-refractivity contribution in [2.45, 2.75) is 59.2 Å². The molecule has 1 heterocycles. The summed E-state index contributed by atoms with van der Waals surface area (Å²) in [4.78, 5) is 14.0. The predicted octanol–water partition coefficient (Wildman–Crippen LogP) is 3.48. The predicted molar refractivity (Wildman–Crippen MR) is 102 cm³/mol. The molecule has 5 heteroatoms. The van der Waals surface area contributed by atoms with Crippen LogP contribution in [0.25, 0.3) is 0 Å². The molecule has 0 fully saturated rings. The molecule has 0 saturated carbocycles. The Balaban J connectivity index is 1.93. The standard InChI is InChI=1S/C20H30N4O/c1-14(2)24(6)19(25)16-9-7-15(8-10-16)11-21-12-17-13-22-23-18(17)20(3,4)5/h7-10,13-14,21H,11-12H2,1-6H3,(H,22,23). The van der Waals surface area contributed by atoms with Gasteiger partial charge in [-0.1, -0.05) is 32.9 Å². The minimum atomic E-state index is 0.0535. The van der Waals surface area contributed by atoms with Gasteiger partial charge < -0.3 is 10.2 Å². The van der Waals surface area contributed by atoms with Crippen LogP contribution in [0.2, 0.25) is 0 Å². The first-order chi connectivity index (χ1) is 11.7. The molecular weight excluding hydrogens is 312 g/mol. The van der Waals surface area contributed by atoms with Gasteiger partial charge in [-0.25, -0.2) is 0 Å². The topological polar surface area (TPSA) is 61.0 Å². The van der Waals surface area contributed by atoms with Crippen LogP contribution in [0.3, 0.4) is 0 Å². The van der Waals surface area contributed by atoms with E-state index in [2.05, 4.69) is 36.3 Å². The fraction of sp³-hybridized carbons (Fsp3) is 0.500. The number of hydrogen-bond donors (Lipinski definition) is 2. The van der Waals surface area contributed by atoms with E-state index in [1.807, 2.05) is 51.4 Å². The fourth-order valence-electron chi connectivity index (χ4n) is 2.64. The van der Waals surface area contributed by atoms with Crippen molar-refractivity contribution in [3.8, 4) is 0 Å². The molecule has 0 spiro atoms. The smallest absolute Gasteiger partial charge is 0.253 e. The van der Waals surface area contributed by atoms with E-state index >= 15 is 0 Å². The van der Waals surface area contributed by atoms with E-state index in [1.54, 1.807) is 4.90 Å². The highest BCUT2D eigenvalue weighted by Gasteiger charge is 2.19. The van der Waals surface area contributed by atoms with Crippen LogP contribution in [0.4, 0.5) is 0 Å². The Morgan fingerprint density at radius 1 is 1.20 bits per heavy atom. The maximum Gasteiger partial charge on any atom is 0.253 e. The minimum absolute atomic E-state index is 0.0535. The summed E-state index contributed by atoms with van der Waals surface area (Å²) in [6, 6.07) is 8.01. The summed E-state index contributed by atoms with van der Waals surface area (Å²) < 4.78 is 0. The van der Waals surface area contributed by atoms with Gasteiger partial charge >= 0.3 is 0 Å². The van der Waals surface area contributed by atoms with E-state index in [9.17, 15) is 4.79 Å². The molecule has 0 radical (unpaired) electrons. The molecule has 136 valence electrons. The molecule has 1 aromatic heterocycles. The summed E-state index contributed by atoms with van der Waals surface area (Å²) in [6.45, 7) is 12.1. The Bertz CT molecular complexity index is 695. The first kappa shape index (κ1) is 19.2. The van der Waals surface area contributed by atoms with Gasteiger partial charge in [0.25, 0.3) is 5.91 Å². The first-order valence-electron chi connectivity index (χ1n) is 8.79. The Morgan fingerprint density at radius 2 is 1.84 bits per heavy atom. The van der Waals surface area contributed by atoms with E-state index in [0.717, 1.165) is 29.9 Å². The molecule has 1 aromatic carbocycles. The molecule has 25 heavy (non-hydrogen) atoms. The Labute approximate surface area is 150 Å². The number of carbonyl (C=O) groups excluding carboxylic acids is 1. The van der Waals surface area contributed by atoms with Crippen molar-refractivity contribution in [3.05, 3.63) is 52.8 Å². The lowest BCUT2D eigenvalue weighted by molar-refractivity contribution is 0.0755. The summed E-state index contributed by atoms with van der Waals surface area (Å²) in [7, 11) is 1.83. The highest BCUT2D eigenvalue weighted by Crippen LogP contribution is 2.23. The zero-order chi connectivity index (χ0) is 18.6. The molecule has 0 aliphatic rings. The Hall–Kier alpha value is -2.14. The monoisotopic (exact) mass is 342 g/mol. The third-order valence-corrected chi connectivity index (χ3v) is 4.41. The van der Waals surface area contributed by atoms with Crippen LogP contribution >= 0.6 is 0 Å². The van der Waals surface area contributed by atoms with Crippen molar-refractivity contribution in [2.75, 3.05) is 7.05 Å². The quantitative estimate of drug-likeness (QED) is 0.845. The number of aromatic nitrogens is 2. The maximum atomic E-state index is 12.3. The number of rotatable bonds is 6. The van der Waals surface area contributed by atoms with Gasteiger partial charge in [-0.2, -0.15) is 5.10 Å². The Morgan fingerprint density at radius 3 is 2.40 bits per heavy atom. The van der Waals surface area contributed by atoms with E-state index in [-0.39, 0.29) is 17.4 Å². The van der Waals surface area contributed by atoms with Crippen molar-refractivity contribution in [2.24, 2.45) is 0 Å². The number of amides is 1. The normalized spacial score (nSPS) is 11.8. The largest absolute Gasteiger partial charge is 0.339 e. The number of hydrogen-bond acceptors (Lipinski definition) is 3.